The van der Waals surface area contributed by atoms with Crippen LogP contribution in [-0.4, -0.2) is 12.8 Å². The van der Waals surface area contributed by atoms with Gasteiger partial charge in [-0.3, -0.25) is 0 Å². The zero-order valence-electron chi connectivity index (χ0n) is 13.1. The SMILES string of the molecule is CCCCCCCOC(=O)Oc1ccc(C)c(C)c1C. The maximum absolute atomic E-state index is 11.6. The molecule has 0 heterocycles. The van der Waals surface area contributed by atoms with Crippen LogP contribution in [0.1, 0.15) is 55.7 Å². The summed E-state index contributed by atoms with van der Waals surface area (Å²) < 4.78 is 10.3. The van der Waals surface area contributed by atoms with Crippen molar-refractivity contribution < 1.29 is 14.3 Å². The standard InChI is InChI=1S/C17H26O3/c1-5-6-7-8-9-12-19-17(18)20-16-11-10-13(2)14(3)15(16)4/h10-11H,5-9,12H2,1-4H3. The van der Waals surface area contributed by atoms with Crippen LogP contribution >= 0.6 is 0 Å². The van der Waals surface area contributed by atoms with Crippen molar-refractivity contribution in [2.45, 2.75) is 59.8 Å². The fourth-order valence-electron chi connectivity index (χ4n) is 2.02. The van der Waals surface area contributed by atoms with E-state index in [0.29, 0.717) is 12.4 Å². The summed E-state index contributed by atoms with van der Waals surface area (Å²) in [6, 6.07) is 3.77. The Hall–Kier alpha value is -1.51. The Labute approximate surface area is 122 Å². The zero-order valence-corrected chi connectivity index (χ0v) is 13.1. The number of hydrogen-bond acceptors (Lipinski definition) is 3. The van der Waals surface area contributed by atoms with Gasteiger partial charge < -0.3 is 9.47 Å². The van der Waals surface area contributed by atoms with Crippen molar-refractivity contribution in [2.24, 2.45) is 0 Å². The molecular formula is C17H26O3. The molecule has 0 aliphatic rings. The number of unbranched alkanes of at least 4 members (excludes halogenated alkanes) is 4. The predicted octanol–water partition coefficient (Wildman–Crippen LogP) is 5.10. The molecule has 0 saturated heterocycles. The average Bonchev–Trinajstić information content (AvgIpc) is 2.43. The Morgan fingerprint density at radius 2 is 1.70 bits per heavy atom. The Kier molecular flexibility index (Phi) is 7.13. The Morgan fingerprint density at radius 1 is 1.00 bits per heavy atom. The number of aryl methyl sites for hydroxylation is 1. The number of ether oxygens (including phenoxy) is 2. The fourth-order valence-corrected chi connectivity index (χ4v) is 2.02. The third kappa shape index (κ3) is 5.24. The molecule has 1 aromatic rings. The highest BCUT2D eigenvalue weighted by Crippen LogP contribution is 2.24. The Morgan fingerprint density at radius 3 is 2.40 bits per heavy atom. The minimum absolute atomic E-state index is 0.437. The van der Waals surface area contributed by atoms with Gasteiger partial charge in [-0.05, 0) is 49.9 Å². The largest absolute Gasteiger partial charge is 0.513 e. The number of rotatable bonds is 7. The molecule has 1 aromatic carbocycles. The van der Waals surface area contributed by atoms with Gasteiger partial charge in [0, 0.05) is 0 Å². The molecule has 3 nitrogen and oxygen atoms in total. The van der Waals surface area contributed by atoms with Crippen molar-refractivity contribution in [2.75, 3.05) is 6.61 Å². The number of hydrogen-bond donors (Lipinski definition) is 0. The van der Waals surface area contributed by atoms with Crippen LogP contribution in [0.5, 0.6) is 5.75 Å². The molecule has 0 unspecified atom stereocenters. The van der Waals surface area contributed by atoms with Gasteiger partial charge in [-0.1, -0.05) is 38.7 Å². The zero-order chi connectivity index (χ0) is 15.0. The summed E-state index contributed by atoms with van der Waals surface area (Å²) in [7, 11) is 0. The second-order valence-electron chi connectivity index (χ2n) is 5.25. The number of carbonyl (C=O) groups excluding carboxylic acids is 1. The molecule has 0 N–H and O–H groups in total. The summed E-state index contributed by atoms with van der Waals surface area (Å²) in [5.74, 6) is 0.587. The molecule has 1 rings (SSSR count). The molecule has 0 atom stereocenters. The lowest BCUT2D eigenvalue weighted by Crippen LogP contribution is -2.12. The lowest BCUT2D eigenvalue weighted by Gasteiger charge is -2.11. The number of carbonyl (C=O) groups is 1. The summed E-state index contributed by atoms with van der Waals surface area (Å²) in [6.45, 7) is 8.64. The molecule has 112 valence electrons. The van der Waals surface area contributed by atoms with Crippen LogP contribution in [0.4, 0.5) is 4.79 Å². The van der Waals surface area contributed by atoms with Gasteiger partial charge in [0.25, 0.3) is 0 Å². The van der Waals surface area contributed by atoms with Crippen LogP contribution in [0, 0.1) is 20.8 Å². The van der Waals surface area contributed by atoms with E-state index in [1.807, 2.05) is 32.9 Å². The highest BCUT2D eigenvalue weighted by Gasteiger charge is 2.10. The van der Waals surface area contributed by atoms with E-state index in [4.69, 9.17) is 9.47 Å². The Balaban J connectivity index is 2.34. The van der Waals surface area contributed by atoms with Gasteiger partial charge in [0.2, 0.25) is 0 Å². The van der Waals surface area contributed by atoms with E-state index in [1.165, 1.54) is 24.8 Å². The van der Waals surface area contributed by atoms with E-state index in [9.17, 15) is 4.79 Å². The second kappa shape index (κ2) is 8.62. The lowest BCUT2D eigenvalue weighted by atomic mass is 10.0. The van der Waals surface area contributed by atoms with Gasteiger partial charge in [-0.25, -0.2) is 4.79 Å². The van der Waals surface area contributed by atoms with Crippen LogP contribution < -0.4 is 4.74 Å². The van der Waals surface area contributed by atoms with E-state index >= 15 is 0 Å². The molecule has 0 aromatic heterocycles. The van der Waals surface area contributed by atoms with Crippen LogP contribution in [0.25, 0.3) is 0 Å². The minimum Gasteiger partial charge on any atom is -0.434 e. The monoisotopic (exact) mass is 278 g/mol. The van der Waals surface area contributed by atoms with Gasteiger partial charge in [0.05, 0.1) is 6.61 Å². The van der Waals surface area contributed by atoms with Crippen molar-refractivity contribution in [3.8, 4) is 5.75 Å². The van der Waals surface area contributed by atoms with Crippen LogP contribution in [-0.2, 0) is 4.74 Å². The Bertz CT molecular complexity index is 438. The third-order valence-corrected chi connectivity index (χ3v) is 3.67. The van der Waals surface area contributed by atoms with Gasteiger partial charge >= 0.3 is 6.16 Å². The first kappa shape index (κ1) is 16.5. The maximum atomic E-state index is 11.6. The van der Waals surface area contributed by atoms with E-state index in [0.717, 1.165) is 24.0 Å². The summed E-state index contributed by atoms with van der Waals surface area (Å²) >= 11 is 0. The van der Waals surface area contributed by atoms with Gasteiger partial charge in [-0.2, -0.15) is 0 Å². The first-order chi connectivity index (χ1) is 9.56. The molecule has 0 spiro atoms. The molecule has 0 aliphatic carbocycles. The number of benzene rings is 1. The smallest absolute Gasteiger partial charge is 0.434 e. The van der Waals surface area contributed by atoms with E-state index in [2.05, 4.69) is 6.92 Å². The van der Waals surface area contributed by atoms with Crippen molar-refractivity contribution in [1.29, 1.82) is 0 Å². The molecule has 0 saturated carbocycles. The topological polar surface area (TPSA) is 35.5 Å². The highest BCUT2D eigenvalue weighted by atomic mass is 16.7. The summed E-state index contributed by atoms with van der Waals surface area (Å²) in [5, 5.41) is 0. The van der Waals surface area contributed by atoms with Crippen LogP contribution in [0.2, 0.25) is 0 Å². The van der Waals surface area contributed by atoms with Gasteiger partial charge in [0.1, 0.15) is 5.75 Å². The van der Waals surface area contributed by atoms with Gasteiger partial charge in [0.15, 0.2) is 0 Å². The average molecular weight is 278 g/mol. The highest BCUT2D eigenvalue weighted by molar-refractivity contribution is 5.65. The second-order valence-corrected chi connectivity index (χ2v) is 5.25. The first-order valence-electron chi connectivity index (χ1n) is 7.47. The van der Waals surface area contributed by atoms with Gasteiger partial charge in [-0.15, -0.1) is 0 Å². The van der Waals surface area contributed by atoms with Crippen molar-refractivity contribution in [3.63, 3.8) is 0 Å². The molecule has 0 bridgehead atoms. The molecule has 0 amide bonds. The normalized spacial score (nSPS) is 10.4. The molecule has 0 radical (unpaired) electrons. The van der Waals surface area contributed by atoms with Crippen molar-refractivity contribution in [1.82, 2.24) is 0 Å². The van der Waals surface area contributed by atoms with Crippen LogP contribution in [0.3, 0.4) is 0 Å². The van der Waals surface area contributed by atoms with Crippen LogP contribution in [0.15, 0.2) is 12.1 Å². The fraction of sp³-hybridized carbons (Fsp3) is 0.588. The van der Waals surface area contributed by atoms with E-state index < -0.39 is 6.16 Å². The van der Waals surface area contributed by atoms with E-state index in [-0.39, 0.29) is 0 Å². The summed E-state index contributed by atoms with van der Waals surface area (Å²) in [4.78, 5) is 11.6. The first-order valence-corrected chi connectivity index (χ1v) is 7.47. The molecule has 0 aliphatic heterocycles. The molecular weight excluding hydrogens is 252 g/mol. The molecule has 0 fully saturated rings. The predicted molar refractivity (Wildman–Crippen MR) is 81.4 cm³/mol. The van der Waals surface area contributed by atoms with E-state index in [1.54, 1.807) is 0 Å². The minimum atomic E-state index is -0.605. The lowest BCUT2D eigenvalue weighted by molar-refractivity contribution is 0.0970. The molecule has 20 heavy (non-hydrogen) atoms. The summed E-state index contributed by atoms with van der Waals surface area (Å²) in [6.07, 6.45) is 5.06. The quantitative estimate of drug-likeness (QED) is 0.395. The van der Waals surface area contributed by atoms with Crippen molar-refractivity contribution >= 4 is 6.16 Å². The van der Waals surface area contributed by atoms with Crippen molar-refractivity contribution in [3.05, 3.63) is 28.8 Å². The summed E-state index contributed by atoms with van der Waals surface area (Å²) in [5.41, 5.74) is 3.33. The molecule has 3 heteroatoms. The maximum Gasteiger partial charge on any atom is 0.513 e. The third-order valence-electron chi connectivity index (χ3n) is 3.67.